The lowest BCUT2D eigenvalue weighted by molar-refractivity contribution is 0.551. The summed E-state index contributed by atoms with van der Waals surface area (Å²) in [7, 11) is 0. The molecule has 4 nitrogen and oxygen atoms in total. The second kappa shape index (κ2) is 9.42. The van der Waals surface area contributed by atoms with Crippen molar-refractivity contribution in [3.8, 4) is 0 Å². The zero-order chi connectivity index (χ0) is 16.0. The van der Waals surface area contributed by atoms with E-state index in [1.165, 1.54) is 0 Å². The monoisotopic (exact) mass is 447 g/mol. The number of nitrogens with zero attached hydrogens (tertiary/aromatic N) is 1. The van der Waals surface area contributed by atoms with Crippen molar-refractivity contribution in [3.63, 3.8) is 0 Å². The summed E-state index contributed by atoms with van der Waals surface area (Å²) in [6.07, 6.45) is 2.13. The van der Waals surface area contributed by atoms with Crippen molar-refractivity contribution in [1.29, 1.82) is 0 Å². The van der Waals surface area contributed by atoms with Gasteiger partial charge >= 0.3 is 0 Å². The maximum Gasteiger partial charge on any atom is 0.191 e. The van der Waals surface area contributed by atoms with Gasteiger partial charge in [-0.05, 0) is 39.2 Å². The molecule has 0 saturated heterocycles. The third-order valence-electron chi connectivity index (χ3n) is 3.45. The van der Waals surface area contributed by atoms with Gasteiger partial charge in [0.25, 0.3) is 0 Å². The molecule has 0 fully saturated rings. The fourth-order valence-corrected chi connectivity index (χ4v) is 2.20. The van der Waals surface area contributed by atoms with Gasteiger partial charge in [0.15, 0.2) is 5.96 Å². The highest BCUT2D eigenvalue weighted by Gasteiger charge is 2.16. The van der Waals surface area contributed by atoms with E-state index < -0.39 is 0 Å². The summed E-state index contributed by atoms with van der Waals surface area (Å²) in [5.74, 6) is 1.70. The lowest BCUT2D eigenvalue weighted by atomic mass is 10.2. The minimum absolute atomic E-state index is 0. The van der Waals surface area contributed by atoms with Crippen LogP contribution in [0.1, 0.15) is 26.5 Å². The predicted molar refractivity (Wildman–Crippen MR) is 112 cm³/mol. The molecule has 0 radical (unpaired) electrons. The molecule has 0 aliphatic heterocycles. The van der Waals surface area contributed by atoms with Gasteiger partial charge in [-0.25, -0.2) is 4.99 Å². The predicted octanol–water partition coefficient (Wildman–Crippen LogP) is 4.25. The Bertz CT molecular complexity index is 607. The molecule has 0 spiro atoms. The van der Waals surface area contributed by atoms with E-state index in [9.17, 15) is 0 Å². The molecule has 0 atom stereocenters. The SMILES string of the molecule is CCNC(=NCc1cc2ccccc2o1)NCC(C)(C)SC.I. The quantitative estimate of drug-likeness (QED) is 0.395. The van der Waals surface area contributed by atoms with Gasteiger partial charge in [0.1, 0.15) is 17.9 Å². The average molecular weight is 447 g/mol. The summed E-state index contributed by atoms with van der Waals surface area (Å²) in [6.45, 7) is 8.73. The summed E-state index contributed by atoms with van der Waals surface area (Å²) in [5.41, 5.74) is 0.911. The van der Waals surface area contributed by atoms with Crippen LogP contribution in [0.3, 0.4) is 0 Å². The van der Waals surface area contributed by atoms with Crippen LogP contribution in [0.5, 0.6) is 0 Å². The van der Waals surface area contributed by atoms with Crippen molar-refractivity contribution in [3.05, 3.63) is 36.1 Å². The first-order valence-electron chi connectivity index (χ1n) is 7.59. The first-order valence-corrected chi connectivity index (χ1v) is 8.81. The number of hydrogen-bond donors (Lipinski definition) is 2. The topological polar surface area (TPSA) is 49.6 Å². The number of rotatable bonds is 6. The minimum Gasteiger partial charge on any atom is -0.459 e. The number of furan rings is 1. The Morgan fingerprint density at radius 1 is 1.26 bits per heavy atom. The molecular weight excluding hydrogens is 421 g/mol. The summed E-state index contributed by atoms with van der Waals surface area (Å²) < 4.78 is 5.97. The molecule has 0 saturated carbocycles. The number of nitrogens with one attached hydrogen (secondary N) is 2. The van der Waals surface area contributed by atoms with Crippen LogP contribution >= 0.6 is 35.7 Å². The molecule has 2 aromatic rings. The van der Waals surface area contributed by atoms with Crippen LogP contribution in [0.2, 0.25) is 0 Å². The summed E-state index contributed by atoms with van der Waals surface area (Å²) in [5, 5.41) is 7.78. The number of para-hydroxylation sites is 1. The molecule has 0 aliphatic carbocycles. The Balaban J connectivity index is 0.00000264. The zero-order valence-electron chi connectivity index (χ0n) is 14.2. The maximum absolute atomic E-state index is 5.80. The van der Waals surface area contributed by atoms with E-state index in [0.29, 0.717) is 6.54 Å². The van der Waals surface area contributed by atoms with Crippen LogP contribution in [-0.4, -0.2) is 30.1 Å². The average Bonchev–Trinajstić information content (AvgIpc) is 2.93. The van der Waals surface area contributed by atoms with E-state index in [4.69, 9.17) is 4.42 Å². The number of guanidine groups is 1. The van der Waals surface area contributed by atoms with Crippen LogP contribution in [0, 0.1) is 0 Å². The number of benzene rings is 1. The third kappa shape index (κ3) is 6.25. The Hall–Kier alpha value is -0.890. The van der Waals surface area contributed by atoms with E-state index in [-0.39, 0.29) is 28.7 Å². The Morgan fingerprint density at radius 3 is 2.65 bits per heavy atom. The summed E-state index contributed by atoms with van der Waals surface area (Å²) in [6, 6.07) is 10.1. The van der Waals surface area contributed by atoms with Gasteiger partial charge in [-0.3, -0.25) is 0 Å². The first-order chi connectivity index (χ1) is 10.5. The molecule has 2 N–H and O–H groups in total. The van der Waals surface area contributed by atoms with Crippen molar-refractivity contribution in [2.24, 2.45) is 4.99 Å². The second-order valence-corrected chi connectivity index (χ2v) is 7.28. The normalized spacial score (nSPS) is 12.1. The molecule has 0 bridgehead atoms. The molecule has 1 heterocycles. The van der Waals surface area contributed by atoms with Crippen LogP contribution < -0.4 is 10.6 Å². The molecule has 0 aliphatic rings. The van der Waals surface area contributed by atoms with Crippen LogP contribution in [0.25, 0.3) is 11.0 Å². The highest BCUT2D eigenvalue weighted by atomic mass is 127. The van der Waals surface area contributed by atoms with E-state index in [1.807, 2.05) is 36.0 Å². The van der Waals surface area contributed by atoms with Crippen LogP contribution in [-0.2, 0) is 6.54 Å². The van der Waals surface area contributed by atoms with Gasteiger partial charge in [0, 0.05) is 23.2 Å². The molecule has 0 unspecified atom stereocenters. The fourth-order valence-electron chi connectivity index (χ4n) is 1.98. The second-order valence-electron chi connectivity index (χ2n) is 5.76. The molecule has 23 heavy (non-hydrogen) atoms. The zero-order valence-corrected chi connectivity index (χ0v) is 17.3. The molecule has 128 valence electrons. The van der Waals surface area contributed by atoms with Crippen molar-refractivity contribution in [2.45, 2.75) is 32.1 Å². The molecule has 0 amide bonds. The van der Waals surface area contributed by atoms with E-state index in [1.54, 1.807) is 0 Å². The molecule has 1 aromatic carbocycles. The van der Waals surface area contributed by atoms with E-state index in [0.717, 1.165) is 35.8 Å². The van der Waals surface area contributed by atoms with Crippen LogP contribution in [0.15, 0.2) is 39.7 Å². The van der Waals surface area contributed by atoms with Gasteiger partial charge in [0.2, 0.25) is 0 Å². The Labute approximate surface area is 159 Å². The molecule has 1 aromatic heterocycles. The summed E-state index contributed by atoms with van der Waals surface area (Å²) >= 11 is 1.84. The number of hydrogen-bond acceptors (Lipinski definition) is 3. The fraction of sp³-hybridized carbons (Fsp3) is 0.471. The number of thioether (sulfide) groups is 1. The summed E-state index contributed by atoms with van der Waals surface area (Å²) in [4.78, 5) is 4.61. The third-order valence-corrected chi connectivity index (χ3v) is 4.70. The minimum atomic E-state index is 0. The van der Waals surface area contributed by atoms with Crippen molar-refractivity contribution in [1.82, 2.24) is 10.6 Å². The lowest BCUT2D eigenvalue weighted by Gasteiger charge is -2.23. The maximum atomic E-state index is 5.80. The lowest BCUT2D eigenvalue weighted by Crippen LogP contribution is -2.43. The van der Waals surface area contributed by atoms with Gasteiger partial charge in [-0.1, -0.05) is 18.2 Å². The number of fused-ring (bicyclic) bond motifs is 1. The van der Waals surface area contributed by atoms with Gasteiger partial charge in [0.05, 0.1) is 0 Å². The van der Waals surface area contributed by atoms with E-state index in [2.05, 4.69) is 48.7 Å². The largest absolute Gasteiger partial charge is 0.459 e. The van der Waals surface area contributed by atoms with Crippen molar-refractivity contribution < 1.29 is 4.42 Å². The van der Waals surface area contributed by atoms with Crippen molar-refractivity contribution in [2.75, 3.05) is 19.3 Å². The van der Waals surface area contributed by atoms with Crippen LogP contribution in [0.4, 0.5) is 0 Å². The standard InChI is InChI=1S/C17H25N3OS.HI/c1-5-18-16(20-12-17(2,3)22-4)19-11-14-10-13-8-6-7-9-15(13)21-14;/h6-10H,5,11-12H2,1-4H3,(H2,18,19,20);1H. The van der Waals surface area contributed by atoms with E-state index >= 15 is 0 Å². The van der Waals surface area contributed by atoms with Crippen molar-refractivity contribution >= 4 is 52.7 Å². The Kier molecular flexibility index (Phi) is 8.25. The molecule has 2 rings (SSSR count). The molecular formula is C17H26IN3OS. The highest BCUT2D eigenvalue weighted by molar-refractivity contribution is 14.0. The first kappa shape index (κ1) is 20.2. The smallest absolute Gasteiger partial charge is 0.191 e. The highest BCUT2D eigenvalue weighted by Crippen LogP contribution is 2.20. The molecule has 6 heteroatoms. The number of halogens is 1. The van der Waals surface area contributed by atoms with Gasteiger partial charge in [-0.2, -0.15) is 11.8 Å². The number of aliphatic imine (C=N–C) groups is 1. The van der Waals surface area contributed by atoms with Gasteiger partial charge in [-0.15, -0.1) is 24.0 Å². The Morgan fingerprint density at radius 2 is 2.00 bits per heavy atom. The van der Waals surface area contributed by atoms with Gasteiger partial charge < -0.3 is 15.1 Å².